The van der Waals surface area contributed by atoms with Crippen LogP contribution in [0.4, 0.5) is 5.82 Å². The third kappa shape index (κ3) is 5.04. The predicted octanol–water partition coefficient (Wildman–Crippen LogP) is 0.386. The Hall–Kier alpha value is -2.65. The smallest absolute Gasteiger partial charge is 0.339 e. The summed E-state index contributed by atoms with van der Waals surface area (Å²) >= 11 is 0. The molecule has 0 fully saturated rings. The third-order valence-electron chi connectivity index (χ3n) is 2.48. The molecule has 5 N–H and O–H groups in total. The van der Waals surface area contributed by atoms with Crippen LogP contribution < -0.4 is 10.7 Å². The number of nitrogen functional groups attached to an aromatic ring is 1. The molecule has 0 aliphatic rings. The fourth-order valence-electron chi connectivity index (χ4n) is 1.36. The topological polar surface area (TPSA) is 155 Å². The Balaban J connectivity index is 0.000000255. The van der Waals surface area contributed by atoms with Gasteiger partial charge in [0.25, 0.3) is 5.82 Å². The van der Waals surface area contributed by atoms with Gasteiger partial charge in [0.1, 0.15) is 21.4 Å². The Morgan fingerprint density at radius 1 is 1.27 bits per heavy atom. The number of aromatic hydroxyl groups is 1. The molecule has 1 heterocycles. The standard InChI is InChI=1S/C7H6O6S.C6H8N2/c8-6-2-1-4(14(11,12)13)3-5(6)7(9)10;1-5-2-3-6(7)8-4-5/h1-3,8H,(H,9,10)(H,11,12,13);2-4H,1H3,(H2,7,8). The van der Waals surface area contributed by atoms with Gasteiger partial charge in [-0.1, -0.05) is 0 Å². The lowest BCUT2D eigenvalue weighted by molar-refractivity contribution is -0.360. The van der Waals surface area contributed by atoms with Crippen LogP contribution in [0.2, 0.25) is 0 Å². The number of benzene rings is 1. The van der Waals surface area contributed by atoms with Gasteiger partial charge in [-0.05, 0) is 36.8 Å². The predicted molar refractivity (Wildman–Crippen MR) is 75.2 cm³/mol. The molecular weight excluding hydrogens is 312 g/mol. The monoisotopic (exact) mass is 326 g/mol. The molecule has 0 spiro atoms. The number of H-pyrrole nitrogens is 1. The zero-order chi connectivity index (χ0) is 16.9. The van der Waals surface area contributed by atoms with Gasteiger partial charge in [0.2, 0.25) is 0 Å². The molecule has 0 bridgehead atoms. The average Bonchev–Trinajstić information content (AvgIpc) is 2.41. The van der Waals surface area contributed by atoms with Crippen molar-refractivity contribution in [3.05, 3.63) is 47.7 Å². The maximum atomic E-state index is 10.5. The van der Waals surface area contributed by atoms with Gasteiger partial charge in [-0.3, -0.25) is 5.73 Å². The van der Waals surface area contributed by atoms with Crippen LogP contribution in [0.15, 0.2) is 41.4 Å². The number of carbonyl (C=O) groups is 1. The number of hydrogen-bond donors (Lipinski definition) is 3. The van der Waals surface area contributed by atoms with Crippen LogP contribution >= 0.6 is 0 Å². The molecule has 0 atom stereocenters. The Labute approximate surface area is 126 Å². The number of carboxylic acids is 1. The van der Waals surface area contributed by atoms with E-state index in [4.69, 9.17) is 15.9 Å². The summed E-state index contributed by atoms with van der Waals surface area (Å²) in [5, 5.41) is 17.5. The minimum Gasteiger partial charge on any atom is -0.744 e. The van der Waals surface area contributed by atoms with E-state index in [9.17, 15) is 17.8 Å². The highest BCUT2D eigenvalue weighted by molar-refractivity contribution is 7.85. The van der Waals surface area contributed by atoms with Gasteiger partial charge in [0, 0.05) is 6.07 Å². The molecular formula is C13H14N2O6S. The number of aryl methyl sites for hydroxylation is 1. The van der Waals surface area contributed by atoms with E-state index in [0.717, 1.165) is 12.1 Å². The van der Waals surface area contributed by atoms with Crippen molar-refractivity contribution in [1.29, 1.82) is 0 Å². The second kappa shape index (κ2) is 6.87. The summed E-state index contributed by atoms with van der Waals surface area (Å²) < 4.78 is 31.5. The zero-order valence-corrected chi connectivity index (χ0v) is 12.3. The first kappa shape index (κ1) is 17.4. The number of nitrogens with one attached hydrogen (secondary N) is 1. The first-order valence-corrected chi connectivity index (χ1v) is 7.28. The average molecular weight is 326 g/mol. The minimum atomic E-state index is -4.70. The Morgan fingerprint density at radius 2 is 1.91 bits per heavy atom. The number of hydrogen-bond acceptors (Lipinski definition) is 6. The van der Waals surface area contributed by atoms with Crippen molar-refractivity contribution >= 4 is 21.9 Å². The summed E-state index contributed by atoms with van der Waals surface area (Å²) in [7, 11) is -4.70. The molecule has 1 aromatic heterocycles. The first-order chi connectivity index (χ1) is 10.1. The molecule has 22 heavy (non-hydrogen) atoms. The van der Waals surface area contributed by atoms with Crippen LogP contribution in [0.5, 0.6) is 5.75 Å². The van der Waals surface area contributed by atoms with Crippen LogP contribution in [-0.2, 0) is 10.1 Å². The van der Waals surface area contributed by atoms with E-state index < -0.39 is 32.3 Å². The van der Waals surface area contributed by atoms with Crippen molar-refractivity contribution in [2.75, 3.05) is 5.73 Å². The normalized spacial score (nSPS) is 10.5. The zero-order valence-electron chi connectivity index (χ0n) is 11.5. The van der Waals surface area contributed by atoms with Crippen LogP contribution in [-0.4, -0.2) is 29.2 Å². The van der Waals surface area contributed by atoms with Gasteiger partial charge in [-0.2, -0.15) is 0 Å². The summed E-state index contributed by atoms with van der Waals surface area (Å²) in [4.78, 5) is 12.6. The van der Waals surface area contributed by atoms with E-state index in [1.807, 2.05) is 25.3 Å². The molecule has 2 aromatic rings. The molecule has 0 saturated carbocycles. The molecule has 118 valence electrons. The molecule has 0 unspecified atom stereocenters. The van der Waals surface area contributed by atoms with E-state index in [1.54, 1.807) is 0 Å². The van der Waals surface area contributed by atoms with Gasteiger partial charge in [0.05, 0.1) is 11.1 Å². The van der Waals surface area contributed by atoms with Gasteiger partial charge >= 0.3 is 5.97 Å². The fourth-order valence-corrected chi connectivity index (χ4v) is 1.85. The fraction of sp³-hybridized carbons (Fsp3) is 0.0769. The van der Waals surface area contributed by atoms with Crippen LogP contribution in [0.25, 0.3) is 0 Å². The van der Waals surface area contributed by atoms with Crippen molar-refractivity contribution in [2.24, 2.45) is 0 Å². The quantitative estimate of drug-likeness (QED) is 0.674. The van der Waals surface area contributed by atoms with E-state index in [2.05, 4.69) is 4.98 Å². The maximum absolute atomic E-state index is 10.5. The second-order valence-corrected chi connectivity index (χ2v) is 5.64. The van der Waals surface area contributed by atoms with Crippen LogP contribution in [0.1, 0.15) is 15.9 Å². The lowest BCUT2D eigenvalue weighted by Gasteiger charge is -2.08. The van der Waals surface area contributed by atoms with Gasteiger partial charge in [0.15, 0.2) is 0 Å². The number of carboxylic acid groups (broad SMARTS) is 1. The molecule has 8 nitrogen and oxygen atoms in total. The molecule has 1 aromatic carbocycles. The highest BCUT2D eigenvalue weighted by Crippen LogP contribution is 2.20. The highest BCUT2D eigenvalue weighted by atomic mass is 32.2. The molecule has 0 aliphatic heterocycles. The SMILES string of the molecule is Cc1ccc(N)[nH+]c1.O=C(O)c1cc(S(=O)(=O)[O-])ccc1O. The summed E-state index contributed by atoms with van der Waals surface area (Å²) in [5.74, 6) is -1.39. The summed E-state index contributed by atoms with van der Waals surface area (Å²) in [6.45, 7) is 2.01. The van der Waals surface area contributed by atoms with Gasteiger partial charge < -0.3 is 14.8 Å². The molecule has 9 heteroatoms. The van der Waals surface area contributed by atoms with Crippen molar-refractivity contribution in [3.63, 3.8) is 0 Å². The number of aromatic nitrogens is 1. The van der Waals surface area contributed by atoms with E-state index in [0.29, 0.717) is 11.9 Å². The van der Waals surface area contributed by atoms with E-state index >= 15 is 0 Å². The van der Waals surface area contributed by atoms with Crippen LogP contribution in [0, 0.1) is 6.92 Å². The van der Waals surface area contributed by atoms with Crippen molar-refractivity contribution in [2.45, 2.75) is 11.8 Å². The summed E-state index contributed by atoms with van der Waals surface area (Å²) in [6.07, 6.45) is 1.87. The molecule has 2 rings (SSSR count). The lowest BCUT2D eigenvalue weighted by atomic mass is 10.2. The number of aromatic amines is 1. The Morgan fingerprint density at radius 3 is 2.32 bits per heavy atom. The van der Waals surface area contributed by atoms with E-state index in [1.165, 1.54) is 5.56 Å². The van der Waals surface area contributed by atoms with Crippen LogP contribution in [0.3, 0.4) is 0 Å². The third-order valence-corrected chi connectivity index (χ3v) is 3.31. The highest BCUT2D eigenvalue weighted by Gasteiger charge is 2.12. The van der Waals surface area contributed by atoms with Gasteiger partial charge in [-0.25, -0.2) is 18.2 Å². The lowest BCUT2D eigenvalue weighted by Crippen LogP contribution is -2.08. The molecule has 0 amide bonds. The molecule has 0 saturated heterocycles. The second-order valence-electron chi connectivity index (χ2n) is 4.26. The number of rotatable bonds is 2. The first-order valence-electron chi connectivity index (χ1n) is 5.87. The summed E-state index contributed by atoms with van der Waals surface area (Å²) in [6, 6.07) is 6.10. The molecule has 0 radical (unpaired) electrons. The maximum Gasteiger partial charge on any atom is 0.339 e. The van der Waals surface area contributed by atoms with Gasteiger partial charge in [-0.15, -0.1) is 0 Å². The van der Waals surface area contributed by atoms with Crippen molar-refractivity contribution in [3.8, 4) is 5.75 Å². The van der Waals surface area contributed by atoms with Crippen molar-refractivity contribution < 1.29 is 33.0 Å². The number of pyridine rings is 1. The number of phenols is 1. The number of aromatic carboxylic acids is 1. The number of nitrogens with two attached hydrogens (primary N) is 1. The van der Waals surface area contributed by atoms with E-state index in [-0.39, 0.29) is 0 Å². The minimum absolute atomic E-state index is 0.593. The summed E-state index contributed by atoms with van der Waals surface area (Å²) in [5.41, 5.74) is 5.94. The molecule has 0 aliphatic carbocycles. The Bertz CT molecular complexity index is 751. The number of anilines is 1. The van der Waals surface area contributed by atoms with Crippen molar-refractivity contribution in [1.82, 2.24) is 0 Å². The largest absolute Gasteiger partial charge is 0.744 e. The Kier molecular flexibility index (Phi) is 5.44.